The third kappa shape index (κ3) is 4.58. The fourth-order valence-electron chi connectivity index (χ4n) is 4.05. The number of rotatable bonds is 6. The van der Waals surface area contributed by atoms with E-state index in [4.69, 9.17) is 6.42 Å². The summed E-state index contributed by atoms with van der Waals surface area (Å²) in [4.78, 5) is 32.5. The number of amides is 2. The van der Waals surface area contributed by atoms with Crippen molar-refractivity contribution in [2.45, 2.75) is 18.9 Å². The van der Waals surface area contributed by atoms with Gasteiger partial charge >= 0.3 is 0 Å². The molecule has 4 rings (SSSR count). The SMILES string of the molecule is C#C[C@H]1C[C@H]1C(=O)N1CCN(C)C(CNC(=O)c2ccc(Cc3ccccc3)[nH]2)C1. The third-order valence-corrected chi connectivity index (χ3v) is 6.14. The standard InChI is InChI=1S/C24H28N4O2/c1-3-18-14-21(18)24(30)28-12-11-27(2)20(16-28)15-25-23(29)22-10-9-19(26-22)13-17-7-5-4-6-8-17/h1,4-10,18,20-21,26H,11-16H2,2H3,(H,25,29)/t18-,20?,21+/m0/s1. The van der Waals surface area contributed by atoms with Gasteiger partial charge in [-0.15, -0.1) is 12.3 Å². The van der Waals surface area contributed by atoms with Crippen molar-refractivity contribution in [3.05, 3.63) is 59.4 Å². The molecule has 6 heteroatoms. The second-order valence-corrected chi connectivity index (χ2v) is 8.30. The molecule has 2 aromatic rings. The van der Waals surface area contributed by atoms with Crippen LogP contribution in [-0.4, -0.2) is 65.9 Å². The fraction of sp³-hybridized carbons (Fsp3) is 0.417. The molecule has 30 heavy (non-hydrogen) atoms. The Balaban J connectivity index is 1.29. The number of hydrogen-bond acceptors (Lipinski definition) is 3. The summed E-state index contributed by atoms with van der Waals surface area (Å²) < 4.78 is 0. The number of benzene rings is 1. The number of nitrogens with zero attached hydrogens (tertiary/aromatic N) is 2. The van der Waals surface area contributed by atoms with Crippen molar-refractivity contribution < 1.29 is 9.59 Å². The Labute approximate surface area is 177 Å². The first-order chi connectivity index (χ1) is 14.5. The Morgan fingerprint density at radius 1 is 1.20 bits per heavy atom. The van der Waals surface area contributed by atoms with Crippen molar-refractivity contribution in [3.8, 4) is 12.3 Å². The summed E-state index contributed by atoms with van der Waals surface area (Å²) in [6.07, 6.45) is 7.01. The number of carbonyl (C=O) groups is 2. The largest absolute Gasteiger partial charge is 0.354 e. The summed E-state index contributed by atoms with van der Waals surface area (Å²) in [5, 5.41) is 3.02. The molecule has 2 heterocycles. The number of H-pyrrole nitrogens is 1. The molecule has 1 aliphatic carbocycles. The Morgan fingerprint density at radius 3 is 2.73 bits per heavy atom. The van der Waals surface area contributed by atoms with E-state index >= 15 is 0 Å². The number of nitrogens with one attached hydrogen (secondary N) is 2. The highest BCUT2D eigenvalue weighted by Gasteiger charge is 2.44. The van der Waals surface area contributed by atoms with Crippen LogP contribution in [0.25, 0.3) is 0 Å². The second-order valence-electron chi connectivity index (χ2n) is 8.30. The number of likely N-dealkylation sites (N-methyl/N-ethyl adjacent to an activating group) is 1. The minimum Gasteiger partial charge on any atom is -0.354 e. The maximum Gasteiger partial charge on any atom is 0.267 e. The van der Waals surface area contributed by atoms with Gasteiger partial charge < -0.3 is 15.2 Å². The van der Waals surface area contributed by atoms with Crippen LogP contribution in [0.5, 0.6) is 0 Å². The van der Waals surface area contributed by atoms with Crippen LogP contribution in [0.2, 0.25) is 0 Å². The van der Waals surface area contributed by atoms with Crippen LogP contribution in [0.1, 0.15) is 28.2 Å². The quantitative estimate of drug-likeness (QED) is 0.721. The first-order valence-electron chi connectivity index (χ1n) is 10.5. The zero-order valence-corrected chi connectivity index (χ0v) is 17.3. The van der Waals surface area contributed by atoms with Gasteiger partial charge in [-0.3, -0.25) is 14.5 Å². The van der Waals surface area contributed by atoms with Crippen molar-refractivity contribution in [3.63, 3.8) is 0 Å². The molecule has 2 fully saturated rings. The zero-order valence-electron chi connectivity index (χ0n) is 17.3. The van der Waals surface area contributed by atoms with Gasteiger partial charge in [0.2, 0.25) is 5.91 Å². The topological polar surface area (TPSA) is 68.4 Å². The van der Waals surface area contributed by atoms with Gasteiger partial charge in [0.1, 0.15) is 5.69 Å². The molecular formula is C24H28N4O2. The van der Waals surface area contributed by atoms with E-state index in [2.05, 4.69) is 33.3 Å². The molecule has 156 valence electrons. The zero-order chi connectivity index (χ0) is 21.1. The molecule has 6 nitrogen and oxygen atoms in total. The van der Waals surface area contributed by atoms with Crippen molar-refractivity contribution >= 4 is 11.8 Å². The van der Waals surface area contributed by atoms with Crippen molar-refractivity contribution in [1.29, 1.82) is 0 Å². The molecule has 1 aromatic heterocycles. The molecule has 1 saturated carbocycles. The van der Waals surface area contributed by atoms with E-state index in [1.165, 1.54) is 5.56 Å². The van der Waals surface area contributed by atoms with E-state index in [0.717, 1.165) is 25.1 Å². The molecule has 0 bridgehead atoms. The molecule has 0 spiro atoms. The first-order valence-corrected chi connectivity index (χ1v) is 10.5. The second kappa shape index (κ2) is 8.76. The molecule has 2 amide bonds. The average molecular weight is 405 g/mol. The van der Waals surface area contributed by atoms with Crippen molar-refractivity contribution in [1.82, 2.24) is 20.1 Å². The lowest BCUT2D eigenvalue weighted by molar-refractivity contribution is -0.135. The van der Waals surface area contributed by atoms with Gasteiger partial charge in [0.15, 0.2) is 0 Å². The lowest BCUT2D eigenvalue weighted by Gasteiger charge is -2.39. The number of aromatic amines is 1. The number of carbonyl (C=O) groups excluding carboxylic acids is 2. The van der Waals surface area contributed by atoms with Crippen LogP contribution < -0.4 is 5.32 Å². The molecule has 1 aromatic carbocycles. The maximum atomic E-state index is 12.6. The fourth-order valence-corrected chi connectivity index (χ4v) is 4.05. The number of piperazine rings is 1. The lowest BCUT2D eigenvalue weighted by Crippen LogP contribution is -2.57. The summed E-state index contributed by atoms with van der Waals surface area (Å²) in [5.41, 5.74) is 2.76. The highest BCUT2D eigenvalue weighted by atomic mass is 16.2. The van der Waals surface area contributed by atoms with Crippen LogP contribution in [0.3, 0.4) is 0 Å². The molecule has 0 radical (unpaired) electrons. The Kier molecular flexibility index (Phi) is 5.91. The van der Waals surface area contributed by atoms with Crippen LogP contribution in [0, 0.1) is 24.2 Å². The molecule has 2 N–H and O–H groups in total. The minimum atomic E-state index is -0.124. The highest BCUT2D eigenvalue weighted by Crippen LogP contribution is 2.39. The van der Waals surface area contributed by atoms with E-state index in [-0.39, 0.29) is 29.7 Å². The van der Waals surface area contributed by atoms with Crippen LogP contribution in [-0.2, 0) is 11.2 Å². The van der Waals surface area contributed by atoms with Crippen LogP contribution in [0.15, 0.2) is 42.5 Å². The predicted molar refractivity (Wildman–Crippen MR) is 116 cm³/mol. The van der Waals surface area contributed by atoms with E-state index in [1.807, 2.05) is 42.3 Å². The van der Waals surface area contributed by atoms with Gasteiger partial charge in [-0.2, -0.15) is 0 Å². The van der Waals surface area contributed by atoms with Crippen LogP contribution >= 0.6 is 0 Å². The summed E-state index contributed by atoms with van der Waals surface area (Å²) >= 11 is 0. The molecule has 2 aliphatic rings. The Morgan fingerprint density at radius 2 is 2.00 bits per heavy atom. The highest BCUT2D eigenvalue weighted by molar-refractivity contribution is 5.92. The minimum absolute atomic E-state index is 0.00407. The molecule has 1 saturated heterocycles. The predicted octanol–water partition coefficient (Wildman–Crippen LogP) is 1.75. The third-order valence-electron chi connectivity index (χ3n) is 6.14. The summed E-state index contributed by atoms with van der Waals surface area (Å²) in [5.74, 6) is 2.83. The van der Waals surface area contributed by atoms with E-state index in [0.29, 0.717) is 25.3 Å². The maximum absolute atomic E-state index is 12.6. The average Bonchev–Trinajstić information content (AvgIpc) is 3.42. The van der Waals surface area contributed by atoms with Crippen LogP contribution in [0.4, 0.5) is 0 Å². The van der Waals surface area contributed by atoms with Gasteiger partial charge in [-0.05, 0) is 31.2 Å². The number of aromatic nitrogens is 1. The Hall–Kier alpha value is -3.04. The lowest BCUT2D eigenvalue weighted by atomic mass is 10.1. The number of terminal acetylenes is 1. The summed E-state index contributed by atoms with van der Waals surface area (Å²) in [6.45, 7) is 2.62. The Bertz CT molecular complexity index is 946. The van der Waals surface area contributed by atoms with E-state index in [9.17, 15) is 9.59 Å². The van der Waals surface area contributed by atoms with E-state index in [1.54, 1.807) is 0 Å². The van der Waals surface area contributed by atoms with Gasteiger partial charge in [0.05, 0.1) is 5.92 Å². The van der Waals surface area contributed by atoms with Crippen molar-refractivity contribution in [2.75, 3.05) is 33.2 Å². The molecule has 1 unspecified atom stereocenters. The van der Waals surface area contributed by atoms with E-state index < -0.39 is 0 Å². The molecule has 3 atom stereocenters. The molecule has 1 aliphatic heterocycles. The monoisotopic (exact) mass is 404 g/mol. The van der Waals surface area contributed by atoms with Gasteiger partial charge in [-0.25, -0.2) is 0 Å². The first kappa shape index (κ1) is 20.2. The van der Waals surface area contributed by atoms with Crippen molar-refractivity contribution in [2.24, 2.45) is 11.8 Å². The summed E-state index contributed by atoms with van der Waals surface area (Å²) in [6, 6.07) is 14.0. The smallest absolute Gasteiger partial charge is 0.267 e. The normalized spacial score (nSPS) is 23.6. The molecular weight excluding hydrogens is 376 g/mol. The van der Waals surface area contributed by atoms with Gasteiger partial charge in [0, 0.05) is 50.3 Å². The van der Waals surface area contributed by atoms with Gasteiger partial charge in [0.25, 0.3) is 5.91 Å². The van der Waals surface area contributed by atoms with Gasteiger partial charge in [-0.1, -0.05) is 30.3 Å². The summed E-state index contributed by atoms with van der Waals surface area (Å²) in [7, 11) is 2.03. The number of hydrogen-bond donors (Lipinski definition) is 2.